The van der Waals surface area contributed by atoms with Gasteiger partial charge in [0, 0.05) is 6.04 Å². The van der Waals surface area contributed by atoms with Crippen LogP contribution in [0, 0.1) is 5.92 Å². The fourth-order valence-corrected chi connectivity index (χ4v) is 2.05. The van der Waals surface area contributed by atoms with Crippen LogP contribution in [0.5, 0.6) is 0 Å². The molecule has 1 aromatic rings. The third-order valence-corrected chi connectivity index (χ3v) is 3.27. The first-order valence-corrected chi connectivity index (χ1v) is 6.01. The maximum absolute atomic E-state index is 11.8. The van der Waals surface area contributed by atoms with Crippen LogP contribution < -0.4 is 5.32 Å². The van der Waals surface area contributed by atoms with Crippen molar-refractivity contribution in [2.24, 2.45) is 5.92 Å². The van der Waals surface area contributed by atoms with Crippen LogP contribution in [0.2, 0.25) is 5.22 Å². The number of rotatable bonds is 5. The Morgan fingerprint density at radius 3 is 2.56 bits per heavy atom. The molecule has 1 heterocycles. The molecule has 4 heteroatoms. The number of amides is 1. The lowest BCUT2D eigenvalue weighted by molar-refractivity contribution is 0.0925. The first-order chi connectivity index (χ1) is 7.60. The molecule has 0 unspecified atom stereocenters. The van der Waals surface area contributed by atoms with Gasteiger partial charge in [-0.1, -0.05) is 26.7 Å². The normalized spacial score (nSPS) is 12.8. The van der Waals surface area contributed by atoms with Gasteiger partial charge in [-0.3, -0.25) is 4.79 Å². The van der Waals surface area contributed by atoms with Gasteiger partial charge in [-0.25, -0.2) is 0 Å². The number of carbonyl (C=O) groups excluding carboxylic acids is 1. The summed E-state index contributed by atoms with van der Waals surface area (Å²) in [6.45, 7) is 6.27. The molecule has 0 aromatic carbocycles. The summed E-state index contributed by atoms with van der Waals surface area (Å²) < 4.78 is 4.88. The van der Waals surface area contributed by atoms with Crippen molar-refractivity contribution in [1.29, 1.82) is 0 Å². The molecule has 0 bridgehead atoms. The van der Waals surface area contributed by atoms with Crippen LogP contribution in [0.15, 0.2) is 16.7 Å². The lowest BCUT2D eigenvalue weighted by Gasteiger charge is -2.22. The highest BCUT2D eigenvalue weighted by Gasteiger charge is 2.19. The van der Waals surface area contributed by atoms with Gasteiger partial charge >= 0.3 is 0 Å². The van der Waals surface area contributed by atoms with Gasteiger partial charge in [0.25, 0.3) is 5.91 Å². The number of halogens is 1. The van der Waals surface area contributed by atoms with Gasteiger partial charge in [-0.05, 0) is 30.5 Å². The molecule has 0 spiro atoms. The molecule has 0 aliphatic heterocycles. The van der Waals surface area contributed by atoms with Gasteiger partial charge in [0.15, 0.2) is 0 Å². The number of furan rings is 1. The zero-order valence-electron chi connectivity index (χ0n) is 9.92. The van der Waals surface area contributed by atoms with E-state index in [1.54, 1.807) is 6.07 Å². The molecule has 1 atom stereocenters. The highest BCUT2D eigenvalue weighted by molar-refractivity contribution is 6.32. The van der Waals surface area contributed by atoms with E-state index in [1.807, 2.05) is 6.92 Å². The van der Waals surface area contributed by atoms with Crippen LogP contribution in [0.3, 0.4) is 0 Å². The van der Waals surface area contributed by atoms with Crippen LogP contribution in [0.4, 0.5) is 0 Å². The fraction of sp³-hybridized carbons (Fsp3) is 0.583. The van der Waals surface area contributed by atoms with Gasteiger partial charge < -0.3 is 9.73 Å². The molecule has 1 amide bonds. The Balaban J connectivity index is 2.61. The second-order valence-corrected chi connectivity index (χ2v) is 4.29. The topological polar surface area (TPSA) is 42.2 Å². The molecule has 0 fully saturated rings. The van der Waals surface area contributed by atoms with E-state index in [1.165, 1.54) is 6.26 Å². The third kappa shape index (κ3) is 3.01. The number of carbonyl (C=O) groups is 1. The molecule has 0 radical (unpaired) electrons. The van der Waals surface area contributed by atoms with E-state index in [4.69, 9.17) is 16.0 Å². The van der Waals surface area contributed by atoms with E-state index >= 15 is 0 Å². The number of nitrogens with one attached hydrogen (secondary N) is 1. The summed E-state index contributed by atoms with van der Waals surface area (Å²) in [6.07, 6.45) is 3.52. The summed E-state index contributed by atoms with van der Waals surface area (Å²) in [6, 6.07) is 1.73. The summed E-state index contributed by atoms with van der Waals surface area (Å²) in [7, 11) is 0. The lowest BCUT2D eigenvalue weighted by Crippen LogP contribution is -2.37. The Morgan fingerprint density at radius 1 is 1.50 bits per heavy atom. The number of hydrogen-bond donors (Lipinski definition) is 1. The SMILES string of the molecule is CCC(CC)[C@H](C)NC(=O)c1ccoc1Cl. The maximum Gasteiger partial charge on any atom is 0.256 e. The zero-order valence-corrected chi connectivity index (χ0v) is 10.7. The van der Waals surface area contributed by atoms with Crippen molar-refractivity contribution < 1.29 is 9.21 Å². The van der Waals surface area contributed by atoms with E-state index in [0.717, 1.165) is 12.8 Å². The molecule has 1 N–H and O–H groups in total. The third-order valence-electron chi connectivity index (χ3n) is 2.98. The second-order valence-electron chi connectivity index (χ2n) is 3.95. The first-order valence-electron chi connectivity index (χ1n) is 5.64. The van der Waals surface area contributed by atoms with Crippen molar-refractivity contribution in [1.82, 2.24) is 5.32 Å². The summed E-state index contributed by atoms with van der Waals surface area (Å²) in [5.74, 6) is 0.327. The van der Waals surface area contributed by atoms with Crippen molar-refractivity contribution >= 4 is 17.5 Å². The van der Waals surface area contributed by atoms with E-state index < -0.39 is 0 Å². The molecule has 0 aliphatic carbocycles. The van der Waals surface area contributed by atoms with Gasteiger partial charge in [-0.15, -0.1) is 0 Å². The van der Waals surface area contributed by atoms with Gasteiger partial charge in [-0.2, -0.15) is 0 Å². The van der Waals surface area contributed by atoms with E-state index in [0.29, 0.717) is 11.5 Å². The molecule has 3 nitrogen and oxygen atoms in total. The predicted octanol–water partition coefficient (Wildman–Crippen LogP) is 3.49. The quantitative estimate of drug-likeness (QED) is 0.860. The van der Waals surface area contributed by atoms with Crippen molar-refractivity contribution in [3.05, 3.63) is 23.1 Å². The Labute approximate surface area is 101 Å². The zero-order chi connectivity index (χ0) is 12.1. The molecule has 0 aliphatic rings. The van der Waals surface area contributed by atoms with Crippen molar-refractivity contribution in [3.8, 4) is 0 Å². The van der Waals surface area contributed by atoms with Crippen molar-refractivity contribution in [2.75, 3.05) is 0 Å². The molecule has 16 heavy (non-hydrogen) atoms. The monoisotopic (exact) mass is 243 g/mol. The van der Waals surface area contributed by atoms with Crippen LogP contribution in [-0.4, -0.2) is 11.9 Å². The summed E-state index contributed by atoms with van der Waals surface area (Å²) >= 11 is 5.74. The minimum Gasteiger partial charge on any atom is -0.452 e. The maximum atomic E-state index is 11.8. The molecular formula is C12H18ClNO2. The molecule has 0 saturated heterocycles. The van der Waals surface area contributed by atoms with Crippen LogP contribution in [-0.2, 0) is 0 Å². The van der Waals surface area contributed by atoms with Gasteiger partial charge in [0.05, 0.1) is 11.8 Å². The largest absolute Gasteiger partial charge is 0.452 e. The standard InChI is InChI=1S/C12H18ClNO2/c1-4-9(5-2)8(3)14-12(15)10-6-7-16-11(10)13/h6-9H,4-5H2,1-3H3,(H,14,15)/t8-/m0/s1. The fourth-order valence-electron chi connectivity index (χ4n) is 1.85. The van der Waals surface area contributed by atoms with E-state index in [9.17, 15) is 4.79 Å². The average Bonchev–Trinajstić information content (AvgIpc) is 2.66. The highest BCUT2D eigenvalue weighted by atomic mass is 35.5. The lowest BCUT2D eigenvalue weighted by atomic mass is 9.95. The molecule has 1 rings (SSSR count). The molecule has 0 saturated carbocycles. The predicted molar refractivity (Wildman–Crippen MR) is 64.7 cm³/mol. The van der Waals surface area contributed by atoms with Gasteiger partial charge in [0.1, 0.15) is 0 Å². The summed E-state index contributed by atoms with van der Waals surface area (Å²) in [5.41, 5.74) is 0.402. The smallest absolute Gasteiger partial charge is 0.256 e. The van der Waals surface area contributed by atoms with E-state index in [2.05, 4.69) is 19.2 Å². The minimum absolute atomic E-state index is 0.147. The number of hydrogen-bond acceptors (Lipinski definition) is 2. The Hall–Kier alpha value is -0.960. The summed E-state index contributed by atoms with van der Waals surface area (Å²) in [5, 5.41) is 3.09. The molecule has 90 valence electrons. The van der Waals surface area contributed by atoms with Crippen LogP contribution >= 0.6 is 11.6 Å². The Bertz CT molecular complexity index is 345. The second kappa shape index (κ2) is 5.94. The summed E-state index contributed by atoms with van der Waals surface area (Å²) in [4.78, 5) is 11.8. The molecular weight excluding hydrogens is 226 g/mol. The first kappa shape index (κ1) is 13.1. The average molecular weight is 244 g/mol. The Kier molecular flexibility index (Phi) is 4.87. The minimum atomic E-state index is -0.168. The van der Waals surface area contributed by atoms with Crippen LogP contribution in [0.1, 0.15) is 44.0 Å². The van der Waals surface area contributed by atoms with Crippen molar-refractivity contribution in [3.63, 3.8) is 0 Å². The molecule has 1 aromatic heterocycles. The Morgan fingerprint density at radius 2 is 2.12 bits per heavy atom. The van der Waals surface area contributed by atoms with Gasteiger partial charge in [0.2, 0.25) is 5.22 Å². The van der Waals surface area contributed by atoms with Crippen molar-refractivity contribution in [2.45, 2.75) is 39.7 Å². The highest BCUT2D eigenvalue weighted by Crippen LogP contribution is 2.18. The van der Waals surface area contributed by atoms with Crippen LogP contribution in [0.25, 0.3) is 0 Å². The van der Waals surface area contributed by atoms with E-state index in [-0.39, 0.29) is 17.2 Å².